The molecule has 0 bridgehead atoms. The van der Waals surface area contributed by atoms with Gasteiger partial charge in [0, 0.05) is 18.7 Å². The number of aryl methyl sites for hydroxylation is 1. The van der Waals surface area contributed by atoms with Gasteiger partial charge in [-0.25, -0.2) is 0 Å². The molecule has 0 aromatic carbocycles. The average Bonchev–Trinajstić information content (AvgIpc) is 2.87. The van der Waals surface area contributed by atoms with Crippen LogP contribution in [0.4, 0.5) is 0 Å². The molecule has 1 atom stereocenters. The van der Waals surface area contributed by atoms with Crippen molar-refractivity contribution in [1.82, 2.24) is 15.1 Å². The number of aromatic nitrogens is 3. The molecule has 2 aromatic rings. The zero-order chi connectivity index (χ0) is 12.3. The second kappa shape index (κ2) is 5.05. The van der Waals surface area contributed by atoms with Gasteiger partial charge in [-0.15, -0.1) is 0 Å². The van der Waals surface area contributed by atoms with E-state index < -0.39 is 0 Å². The molecule has 0 amide bonds. The molecule has 17 heavy (non-hydrogen) atoms. The third kappa shape index (κ3) is 2.34. The van der Waals surface area contributed by atoms with Crippen molar-refractivity contribution in [2.45, 2.75) is 26.2 Å². The molecule has 5 heteroatoms. The Bertz CT molecular complexity index is 495. The van der Waals surface area contributed by atoms with Crippen molar-refractivity contribution in [2.24, 2.45) is 5.73 Å². The Balaban J connectivity index is 2.37. The predicted molar refractivity (Wildman–Crippen MR) is 64.4 cm³/mol. The first kappa shape index (κ1) is 11.7. The molecule has 2 rings (SSSR count). The highest BCUT2D eigenvalue weighted by molar-refractivity contribution is 5.53. The van der Waals surface area contributed by atoms with Crippen LogP contribution in [0.1, 0.15) is 31.2 Å². The van der Waals surface area contributed by atoms with Crippen molar-refractivity contribution in [3.63, 3.8) is 0 Å². The second-order valence-corrected chi connectivity index (χ2v) is 3.96. The van der Waals surface area contributed by atoms with Gasteiger partial charge in [0.1, 0.15) is 5.69 Å². The Morgan fingerprint density at radius 2 is 2.29 bits per heavy atom. The summed E-state index contributed by atoms with van der Waals surface area (Å²) < 4.78 is 5.19. The monoisotopic (exact) mass is 232 g/mol. The smallest absolute Gasteiger partial charge is 0.231 e. The third-order valence-corrected chi connectivity index (χ3v) is 2.70. The van der Waals surface area contributed by atoms with E-state index in [4.69, 9.17) is 10.3 Å². The number of hydrogen-bond acceptors (Lipinski definition) is 5. The molecule has 0 aliphatic carbocycles. The molecule has 0 spiro atoms. The van der Waals surface area contributed by atoms with E-state index in [2.05, 4.69) is 22.0 Å². The Kier molecular flexibility index (Phi) is 3.49. The Morgan fingerprint density at radius 1 is 1.47 bits per heavy atom. The molecule has 0 saturated heterocycles. The van der Waals surface area contributed by atoms with E-state index in [-0.39, 0.29) is 5.92 Å². The van der Waals surface area contributed by atoms with Gasteiger partial charge in [-0.05, 0) is 18.1 Å². The molecule has 0 aliphatic heterocycles. The van der Waals surface area contributed by atoms with Gasteiger partial charge in [0.2, 0.25) is 11.7 Å². The molecule has 2 N–H and O–H groups in total. The van der Waals surface area contributed by atoms with Gasteiger partial charge in [-0.3, -0.25) is 4.98 Å². The van der Waals surface area contributed by atoms with Crippen LogP contribution in [0.15, 0.2) is 22.9 Å². The van der Waals surface area contributed by atoms with Gasteiger partial charge in [0.05, 0.1) is 0 Å². The molecule has 0 saturated carbocycles. The van der Waals surface area contributed by atoms with Crippen LogP contribution in [0.3, 0.4) is 0 Å². The van der Waals surface area contributed by atoms with E-state index in [0.29, 0.717) is 18.3 Å². The van der Waals surface area contributed by atoms with Crippen LogP contribution in [0, 0.1) is 0 Å². The number of nitrogens with zero attached hydrogens (tertiary/aromatic N) is 3. The minimum Gasteiger partial charge on any atom is -0.339 e. The molecule has 0 fully saturated rings. The average molecular weight is 232 g/mol. The number of pyridine rings is 1. The summed E-state index contributed by atoms with van der Waals surface area (Å²) in [6, 6.07) is 3.93. The van der Waals surface area contributed by atoms with Crippen LogP contribution in [-0.2, 0) is 6.42 Å². The van der Waals surface area contributed by atoms with E-state index in [0.717, 1.165) is 17.7 Å². The normalized spacial score (nSPS) is 12.6. The fourth-order valence-electron chi connectivity index (χ4n) is 1.56. The summed E-state index contributed by atoms with van der Waals surface area (Å²) >= 11 is 0. The SMILES string of the molecule is CCc1cccnc1-c1noc(C(C)CN)n1. The van der Waals surface area contributed by atoms with Crippen LogP contribution >= 0.6 is 0 Å². The number of rotatable bonds is 4. The summed E-state index contributed by atoms with van der Waals surface area (Å²) in [5.74, 6) is 1.18. The van der Waals surface area contributed by atoms with Crippen molar-refractivity contribution >= 4 is 0 Å². The summed E-state index contributed by atoms with van der Waals surface area (Å²) in [6.07, 6.45) is 2.62. The number of nitrogens with two attached hydrogens (primary N) is 1. The summed E-state index contributed by atoms with van der Waals surface area (Å²) in [5.41, 5.74) is 7.46. The minimum atomic E-state index is 0.0741. The first-order valence-corrected chi connectivity index (χ1v) is 5.74. The highest BCUT2D eigenvalue weighted by Gasteiger charge is 2.16. The van der Waals surface area contributed by atoms with Gasteiger partial charge in [0.15, 0.2) is 0 Å². The summed E-state index contributed by atoms with van der Waals surface area (Å²) in [5, 5.41) is 3.96. The quantitative estimate of drug-likeness (QED) is 0.869. The lowest BCUT2D eigenvalue weighted by Gasteiger charge is -2.01. The lowest BCUT2D eigenvalue weighted by Crippen LogP contribution is -2.09. The molecular formula is C12H16N4O. The maximum absolute atomic E-state index is 5.56. The molecule has 2 aromatic heterocycles. The largest absolute Gasteiger partial charge is 0.339 e. The molecule has 0 radical (unpaired) electrons. The molecule has 0 aliphatic rings. The predicted octanol–water partition coefficient (Wildman–Crippen LogP) is 1.76. The van der Waals surface area contributed by atoms with Gasteiger partial charge in [-0.2, -0.15) is 4.98 Å². The Morgan fingerprint density at radius 3 is 3.00 bits per heavy atom. The van der Waals surface area contributed by atoms with E-state index in [1.807, 2.05) is 19.1 Å². The van der Waals surface area contributed by atoms with Crippen molar-refractivity contribution < 1.29 is 4.52 Å². The molecule has 2 heterocycles. The first-order chi connectivity index (χ1) is 8.26. The highest BCUT2D eigenvalue weighted by atomic mass is 16.5. The van der Waals surface area contributed by atoms with Crippen molar-refractivity contribution in [2.75, 3.05) is 6.54 Å². The van der Waals surface area contributed by atoms with Gasteiger partial charge in [-0.1, -0.05) is 25.1 Å². The lowest BCUT2D eigenvalue weighted by atomic mass is 10.1. The van der Waals surface area contributed by atoms with Crippen LogP contribution in [0.5, 0.6) is 0 Å². The minimum absolute atomic E-state index is 0.0741. The van der Waals surface area contributed by atoms with Crippen molar-refractivity contribution in [1.29, 1.82) is 0 Å². The Labute approximate surface area is 100 Å². The molecular weight excluding hydrogens is 216 g/mol. The summed E-state index contributed by atoms with van der Waals surface area (Å²) in [7, 11) is 0. The molecule has 90 valence electrons. The standard InChI is InChI=1S/C12H16N4O/c1-3-9-5-4-6-14-10(9)11-15-12(17-16-11)8(2)7-13/h4-6,8H,3,7,13H2,1-2H3. The second-order valence-electron chi connectivity index (χ2n) is 3.96. The van der Waals surface area contributed by atoms with E-state index >= 15 is 0 Å². The lowest BCUT2D eigenvalue weighted by molar-refractivity contribution is 0.361. The van der Waals surface area contributed by atoms with Gasteiger partial charge < -0.3 is 10.3 Å². The highest BCUT2D eigenvalue weighted by Crippen LogP contribution is 2.20. The fraction of sp³-hybridized carbons (Fsp3) is 0.417. The third-order valence-electron chi connectivity index (χ3n) is 2.70. The van der Waals surface area contributed by atoms with Crippen molar-refractivity contribution in [3.05, 3.63) is 29.8 Å². The van der Waals surface area contributed by atoms with Crippen LogP contribution in [-0.4, -0.2) is 21.7 Å². The van der Waals surface area contributed by atoms with E-state index in [9.17, 15) is 0 Å². The zero-order valence-corrected chi connectivity index (χ0v) is 10.1. The van der Waals surface area contributed by atoms with Crippen LogP contribution in [0.2, 0.25) is 0 Å². The van der Waals surface area contributed by atoms with E-state index in [1.165, 1.54) is 0 Å². The summed E-state index contributed by atoms with van der Waals surface area (Å²) in [6.45, 7) is 4.52. The number of hydrogen-bond donors (Lipinski definition) is 1. The molecule has 1 unspecified atom stereocenters. The first-order valence-electron chi connectivity index (χ1n) is 5.74. The maximum atomic E-state index is 5.56. The maximum Gasteiger partial charge on any atom is 0.231 e. The van der Waals surface area contributed by atoms with Gasteiger partial charge >= 0.3 is 0 Å². The van der Waals surface area contributed by atoms with Crippen LogP contribution < -0.4 is 5.73 Å². The van der Waals surface area contributed by atoms with Gasteiger partial charge in [0.25, 0.3) is 0 Å². The van der Waals surface area contributed by atoms with Crippen molar-refractivity contribution in [3.8, 4) is 11.5 Å². The van der Waals surface area contributed by atoms with Crippen LogP contribution in [0.25, 0.3) is 11.5 Å². The van der Waals surface area contributed by atoms with E-state index in [1.54, 1.807) is 6.20 Å². The molecule has 5 nitrogen and oxygen atoms in total. The summed E-state index contributed by atoms with van der Waals surface area (Å²) in [4.78, 5) is 8.64. The zero-order valence-electron chi connectivity index (χ0n) is 10.1. The topological polar surface area (TPSA) is 77.8 Å². The fourth-order valence-corrected chi connectivity index (χ4v) is 1.56. The Hall–Kier alpha value is -1.75.